The lowest BCUT2D eigenvalue weighted by Gasteiger charge is -2.39. The lowest BCUT2D eigenvalue weighted by Crippen LogP contribution is -2.48. The van der Waals surface area contributed by atoms with Crippen LogP contribution in [0, 0.1) is 6.92 Å². The monoisotopic (exact) mass is 321 g/mol. The summed E-state index contributed by atoms with van der Waals surface area (Å²) in [6, 6.07) is 15.1. The summed E-state index contributed by atoms with van der Waals surface area (Å²) in [5, 5.41) is 0. The van der Waals surface area contributed by atoms with Crippen molar-refractivity contribution in [1.29, 1.82) is 0 Å². The quantitative estimate of drug-likeness (QED) is 0.757. The van der Waals surface area contributed by atoms with Crippen molar-refractivity contribution < 1.29 is 14.3 Å². The number of carbonyl (C=O) groups is 2. The van der Waals surface area contributed by atoms with E-state index in [-0.39, 0.29) is 11.9 Å². The predicted octanol–water partition coefficient (Wildman–Crippen LogP) is 3.30. The van der Waals surface area contributed by atoms with Gasteiger partial charge in [-0.15, -0.1) is 0 Å². The summed E-state index contributed by atoms with van der Waals surface area (Å²) in [6.45, 7) is 3.05. The number of hydrogen-bond acceptors (Lipinski definition) is 3. The van der Waals surface area contributed by atoms with Gasteiger partial charge in [0.25, 0.3) is 5.91 Å². The number of amides is 1. The molecule has 1 unspecified atom stereocenters. The Morgan fingerprint density at radius 1 is 1.12 bits per heavy atom. The van der Waals surface area contributed by atoms with Crippen LogP contribution in [0.5, 0.6) is 0 Å². The number of piperidine rings is 1. The number of fused-ring (bicyclic) bond motifs is 2. The average Bonchev–Trinajstić information content (AvgIpc) is 2.87. The summed E-state index contributed by atoms with van der Waals surface area (Å²) in [4.78, 5) is 27.0. The average molecular weight is 321 g/mol. The Morgan fingerprint density at radius 3 is 2.71 bits per heavy atom. The molecular formula is C20H19NO3. The molecule has 1 atom stereocenters. The molecule has 0 aliphatic carbocycles. The van der Waals surface area contributed by atoms with Crippen LogP contribution in [0.25, 0.3) is 0 Å². The third-order valence-corrected chi connectivity index (χ3v) is 5.04. The zero-order valence-corrected chi connectivity index (χ0v) is 13.6. The maximum Gasteiger partial charge on any atom is 0.339 e. The molecule has 24 heavy (non-hydrogen) atoms. The highest BCUT2D eigenvalue weighted by molar-refractivity contribution is 5.97. The van der Waals surface area contributed by atoms with E-state index in [4.69, 9.17) is 4.74 Å². The number of ether oxygens (including phenoxy) is 1. The summed E-state index contributed by atoms with van der Waals surface area (Å²) in [6.07, 6.45) is 1.58. The SMILES string of the molecule is Cc1ccccc1C(=O)N1CCCC2(C1)OC(=O)c1ccccc12. The maximum absolute atomic E-state index is 12.9. The molecule has 0 bridgehead atoms. The molecule has 2 heterocycles. The van der Waals surface area contributed by atoms with Gasteiger partial charge in [0.1, 0.15) is 0 Å². The van der Waals surface area contributed by atoms with E-state index in [1.807, 2.05) is 54.3 Å². The minimum absolute atomic E-state index is 0.00704. The van der Waals surface area contributed by atoms with E-state index in [2.05, 4.69) is 0 Å². The first kappa shape index (κ1) is 14.9. The molecule has 1 amide bonds. The van der Waals surface area contributed by atoms with Crippen molar-refractivity contribution in [2.75, 3.05) is 13.1 Å². The predicted molar refractivity (Wildman–Crippen MR) is 89.9 cm³/mol. The second-order valence-corrected chi connectivity index (χ2v) is 6.57. The van der Waals surface area contributed by atoms with Crippen LogP contribution in [-0.2, 0) is 10.3 Å². The van der Waals surface area contributed by atoms with Crippen molar-refractivity contribution in [2.45, 2.75) is 25.4 Å². The first-order valence-electron chi connectivity index (χ1n) is 8.28. The van der Waals surface area contributed by atoms with Crippen molar-refractivity contribution in [3.63, 3.8) is 0 Å². The number of nitrogens with zero attached hydrogens (tertiary/aromatic N) is 1. The highest BCUT2D eigenvalue weighted by Gasteiger charge is 2.48. The minimum atomic E-state index is -0.690. The van der Waals surface area contributed by atoms with Crippen molar-refractivity contribution in [2.24, 2.45) is 0 Å². The van der Waals surface area contributed by atoms with Crippen LogP contribution in [0.3, 0.4) is 0 Å². The normalized spacial score (nSPS) is 22.4. The number of hydrogen-bond donors (Lipinski definition) is 0. The molecule has 2 aromatic carbocycles. The highest BCUT2D eigenvalue weighted by Crippen LogP contribution is 2.43. The van der Waals surface area contributed by atoms with Crippen molar-refractivity contribution in [3.05, 3.63) is 70.8 Å². The van der Waals surface area contributed by atoms with Crippen LogP contribution in [0.2, 0.25) is 0 Å². The van der Waals surface area contributed by atoms with E-state index in [1.165, 1.54) is 0 Å². The second-order valence-electron chi connectivity index (χ2n) is 6.57. The van der Waals surface area contributed by atoms with Crippen LogP contribution >= 0.6 is 0 Å². The second kappa shape index (κ2) is 5.48. The molecule has 1 saturated heterocycles. The van der Waals surface area contributed by atoms with Crippen LogP contribution in [0.15, 0.2) is 48.5 Å². The van der Waals surface area contributed by atoms with Crippen molar-refractivity contribution in [3.8, 4) is 0 Å². The van der Waals surface area contributed by atoms with Crippen LogP contribution < -0.4 is 0 Å². The van der Waals surface area contributed by atoms with E-state index >= 15 is 0 Å². The number of likely N-dealkylation sites (tertiary alicyclic amines) is 1. The van der Waals surface area contributed by atoms with Crippen LogP contribution in [0.1, 0.15) is 44.7 Å². The lowest BCUT2D eigenvalue weighted by atomic mass is 9.84. The minimum Gasteiger partial charge on any atom is -0.449 e. The van der Waals surface area contributed by atoms with E-state index in [1.54, 1.807) is 6.07 Å². The smallest absolute Gasteiger partial charge is 0.339 e. The number of esters is 1. The Balaban J connectivity index is 1.67. The van der Waals surface area contributed by atoms with Gasteiger partial charge in [-0.05, 0) is 37.5 Å². The van der Waals surface area contributed by atoms with Crippen molar-refractivity contribution in [1.82, 2.24) is 4.90 Å². The van der Waals surface area contributed by atoms with E-state index < -0.39 is 5.60 Å². The molecule has 2 aromatic rings. The molecule has 2 aliphatic heterocycles. The molecule has 2 aliphatic rings. The van der Waals surface area contributed by atoms with Gasteiger partial charge in [0, 0.05) is 17.7 Å². The van der Waals surface area contributed by atoms with Gasteiger partial charge in [-0.2, -0.15) is 0 Å². The summed E-state index contributed by atoms with van der Waals surface area (Å²) in [5.41, 5.74) is 2.53. The number of benzene rings is 2. The lowest BCUT2D eigenvalue weighted by molar-refractivity contribution is -0.0442. The van der Waals surface area contributed by atoms with Gasteiger partial charge >= 0.3 is 5.97 Å². The third-order valence-electron chi connectivity index (χ3n) is 5.04. The molecule has 122 valence electrons. The molecule has 0 aromatic heterocycles. The molecule has 1 fully saturated rings. The fourth-order valence-corrected chi connectivity index (χ4v) is 3.83. The molecule has 0 radical (unpaired) electrons. The summed E-state index contributed by atoms with van der Waals surface area (Å²) in [5.74, 6) is -0.275. The van der Waals surface area contributed by atoms with Gasteiger partial charge in [-0.25, -0.2) is 4.79 Å². The molecule has 1 spiro atoms. The number of carbonyl (C=O) groups excluding carboxylic acids is 2. The zero-order valence-electron chi connectivity index (χ0n) is 13.6. The molecule has 0 N–H and O–H groups in total. The van der Waals surface area contributed by atoms with E-state index in [0.29, 0.717) is 24.2 Å². The summed E-state index contributed by atoms with van der Waals surface area (Å²) >= 11 is 0. The third kappa shape index (κ3) is 2.21. The topological polar surface area (TPSA) is 46.6 Å². The van der Waals surface area contributed by atoms with Gasteiger partial charge < -0.3 is 9.64 Å². The number of rotatable bonds is 1. The zero-order chi connectivity index (χ0) is 16.7. The van der Waals surface area contributed by atoms with Gasteiger partial charge in [0.2, 0.25) is 0 Å². The molecule has 4 nitrogen and oxygen atoms in total. The van der Waals surface area contributed by atoms with Gasteiger partial charge in [0.15, 0.2) is 5.60 Å². The van der Waals surface area contributed by atoms with Crippen LogP contribution in [-0.4, -0.2) is 29.9 Å². The molecule has 4 rings (SSSR count). The van der Waals surface area contributed by atoms with Crippen molar-refractivity contribution >= 4 is 11.9 Å². The first-order chi connectivity index (χ1) is 11.6. The maximum atomic E-state index is 12.9. The Hall–Kier alpha value is -2.62. The number of aryl methyl sites for hydroxylation is 1. The standard InChI is InChI=1S/C20H19NO3/c1-14-7-2-3-8-15(14)18(22)21-12-6-11-20(13-21)17-10-5-4-9-16(17)19(23)24-20/h2-5,7-10H,6,11-13H2,1H3. The first-order valence-corrected chi connectivity index (χ1v) is 8.28. The molecule has 0 saturated carbocycles. The fraction of sp³-hybridized carbons (Fsp3) is 0.300. The molecular weight excluding hydrogens is 302 g/mol. The van der Waals surface area contributed by atoms with Gasteiger partial charge in [-0.3, -0.25) is 4.79 Å². The fourth-order valence-electron chi connectivity index (χ4n) is 3.83. The Labute approximate surface area is 141 Å². The summed E-state index contributed by atoms with van der Waals surface area (Å²) in [7, 11) is 0. The Kier molecular flexibility index (Phi) is 3.41. The summed E-state index contributed by atoms with van der Waals surface area (Å²) < 4.78 is 5.77. The largest absolute Gasteiger partial charge is 0.449 e. The Bertz CT molecular complexity index is 829. The van der Waals surface area contributed by atoms with E-state index in [0.717, 1.165) is 24.0 Å². The van der Waals surface area contributed by atoms with Crippen LogP contribution in [0.4, 0.5) is 0 Å². The van der Waals surface area contributed by atoms with Gasteiger partial charge in [0.05, 0.1) is 12.1 Å². The van der Waals surface area contributed by atoms with E-state index in [9.17, 15) is 9.59 Å². The Morgan fingerprint density at radius 2 is 1.88 bits per heavy atom. The highest BCUT2D eigenvalue weighted by atomic mass is 16.6. The van der Waals surface area contributed by atoms with Gasteiger partial charge in [-0.1, -0.05) is 36.4 Å². The molecule has 4 heteroatoms.